The molecule has 5 nitrogen and oxygen atoms in total. The van der Waals surface area contributed by atoms with Crippen molar-refractivity contribution in [2.45, 2.75) is 0 Å². The fourth-order valence-corrected chi connectivity index (χ4v) is 1.52. The molecule has 0 aliphatic carbocycles. The predicted molar refractivity (Wildman–Crippen MR) is 61.5 cm³/mol. The smallest absolute Gasteiger partial charge is 0.161 e. The molecule has 5 heteroatoms. The number of nitrogens with one attached hydrogen (secondary N) is 1. The van der Waals surface area contributed by atoms with E-state index >= 15 is 0 Å². The zero-order valence-corrected chi connectivity index (χ0v) is 9.15. The molecular weight excluding hydrogens is 206 g/mol. The quantitative estimate of drug-likeness (QED) is 0.823. The Labute approximate surface area is 93.2 Å². The van der Waals surface area contributed by atoms with E-state index in [4.69, 9.17) is 15.2 Å². The Morgan fingerprint density at radius 3 is 2.50 bits per heavy atom. The van der Waals surface area contributed by atoms with Crippen molar-refractivity contribution < 1.29 is 9.47 Å². The molecule has 0 atom stereocenters. The number of ether oxygens (including phenoxy) is 2. The first-order chi connectivity index (χ1) is 7.76. The molecule has 0 spiro atoms. The summed E-state index contributed by atoms with van der Waals surface area (Å²) in [6, 6.07) is 5.57. The summed E-state index contributed by atoms with van der Waals surface area (Å²) in [5.41, 5.74) is 8.06. The van der Waals surface area contributed by atoms with Crippen molar-refractivity contribution >= 4 is 5.69 Å². The van der Waals surface area contributed by atoms with Gasteiger partial charge in [-0.15, -0.1) is 0 Å². The number of anilines is 1. The molecule has 0 unspecified atom stereocenters. The number of nitrogen functional groups attached to an aromatic ring is 1. The van der Waals surface area contributed by atoms with Crippen molar-refractivity contribution in [1.82, 2.24) is 10.2 Å². The van der Waals surface area contributed by atoms with Crippen molar-refractivity contribution in [2.24, 2.45) is 0 Å². The summed E-state index contributed by atoms with van der Waals surface area (Å²) in [5, 5.41) is 6.71. The fraction of sp³-hybridized carbons (Fsp3) is 0.182. The SMILES string of the molecule is COc1ccc(-c2[nH]ncc2N)cc1OC. The number of nitrogens with zero attached hydrogens (tertiary/aromatic N) is 1. The Morgan fingerprint density at radius 2 is 1.94 bits per heavy atom. The molecular formula is C11H13N3O2. The highest BCUT2D eigenvalue weighted by Crippen LogP contribution is 2.33. The molecule has 0 saturated heterocycles. The third kappa shape index (κ3) is 1.67. The van der Waals surface area contributed by atoms with E-state index in [-0.39, 0.29) is 0 Å². The lowest BCUT2D eigenvalue weighted by Gasteiger charge is -2.08. The summed E-state index contributed by atoms with van der Waals surface area (Å²) in [6.07, 6.45) is 1.58. The van der Waals surface area contributed by atoms with Gasteiger partial charge in [0, 0.05) is 5.56 Å². The van der Waals surface area contributed by atoms with E-state index in [1.165, 1.54) is 0 Å². The molecule has 1 aromatic carbocycles. The Balaban J connectivity index is 2.48. The number of benzene rings is 1. The van der Waals surface area contributed by atoms with Gasteiger partial charge in [0.2, 0.25) is 0 Å². The van der Waals surface area contributed by atoms with Gasteiger partial charge in [-0.25, -0.2) is 0 Å². The van der Waals surface area contributed by atoms with Crippen LogP contribution in [-0.4, -0.2) is 24.4 Å². The number of hydrogen-bond acceptors (Lipinski definition) is 4. The van der Waals surface area contributed by atoms with E-state index in [9.17, 15) is 0 Å². The molecule has 0 aliphatic heterocycles. The Morgan fingerprint density at radius 1 is 1.19 bits per heavy atom. The number of aromatic nitrogens is 2. The number of methoxy groups -OCH3 is 2. The molecule has 1 aromatic heterocycles. The number of aromatic amines is 1. The average molecular weight is 219 g/mol. The summed E-state index contributed by atoms with van der Waals surface area (Å²) >= 11 is 0. The van der Waals surface area contributed by atoms with Crippen LogP contribution >= 0.6 is 0 Å². The van der Waals surface area contributed by atoms with Crippen molar-refractivity contribution in [1.29, 1.82) is 0 Å². The van der Waals surface area contributed by atoms with Crippen LogP contribution in [0, 0.1) is 0 Å². The monoisotopic (exact) mass is 219 g/mol. The van der Waals surface area contributed by atoms with E-state index in [2.05, 4.69) is 10.2 Å². The van der Waals surface area contributed by atoms with Crippen molar-refractivity contribution in [3.8, 4) is 22.8 Å². The maximum Gasteiger partial charge on any atom is 0.161 e. The van der Waals surface area contributed by atoms with Crippen LogP contribution in [0.2, 0.25) is 0 Å². The Bertz CT molecular complexity index is 494. The third-order valence-electron chi connectivity index (χ3n) is 2.34. The molecule has 0 aliphatic rings. The van der Waals surface area contributed by atoms with Gasteiger partial charge >= 0.3 is 0 Å². The van der Waals surface area contributed by atoms with Crippen LogP contribution in [-0.2, 0) is 0 Å². The minimum atomic E-state index is 0.604. The van der Waals surface area contributed by atoms with Crippen LogP contribution in [0.5, 0.6) is 11.5 Å². The summed E-state index contributed by atoms with van der Waals surface area (Å²) in [6.45, 7) is 0. The zero-order valence-electron chi connectivity index (χ0n) is 9.15. The number of nitrogens with two attached hydrogens (primary N) is 1. The first-order valence-corrected chi connectivity index (χ1v) is 4.77. The van der Waals surface area contributed by atoms with Crippen LogP contribution in [0.3, 0.4) is 0 Å². The van der Waals surface area contributed by atoms with E-state index in [0.717, 1.165) is 11.3 Å². The summed E-state index contributed by atoms with van der Waals surface area (Å²) in [5.74, 6) is 1.35. The lowest BCUT2D eigenvalue weighted by Crippen LogP contribution is -1.92. The van der Waals surface area contributed by atoms with Gasteiger partial charge in [0.25, 0.3) is 0 Å². The van der Waals surface area contributed by atoms with Crippen LogP contribution in [0.25, 0.3) is 11.3 Å². The van der Waals surface area contributed by atoms with Crippen LogP contribution in [0.4, 0.5) is 5.69 Å². The Kier molecular flexibility index (Phi) is 2.68. The van der Waals surface area contributed by atoms with Crippen LogP contribution < -0.4 is 15.2 Å². The highest BCUT2D eigenvalue weighted by atomic mass is 16.5. The molecule has 0 amide bonds. The normalized spacial score (nSPS) is 10.1. The van der Waals surface area contributed by atoms with Crippen molar-refractivity contribution in [2.75, 3.05) is 20.0 Å². The molecule has 0 fully saturated rings. The molecule has 16 heavy (non-hydrogen) atoms. The minimum Gasteiger partial charge on any atom is -0.493 e. The largest absolute Gasteiger partial charge is 0.493 e. The highest BCUT2D eigenvalue weighted by molar-refractivity contribution is 5.73. The van der Waals surface area contributed by atoms with Gasteiger partial charge in [-0.3, -0.25) is 5.10 Å². The topological polar surface area (TPSA) is 73.2 Å². The van der Waals surface area contributed by atoms with Crippen LogP contribution in [0.1, 0.15) is 0 Å². The zero-order chi connectivity index (χ0) is 11.5. The fourth-order valence-electron chi connectivity index (χ4n) is 1.52. The van der Waals surface area contributed by atoms with Gasteiger partial charge in [-0.1, -0.05) is 0 Å². The predicted octanol–water partition coefficient (Wildman–Crippen LogP) is 1.68. The van der Waals surface area contributed by atoms with Crippen molar-refractivity contribution in [3.05, 3.63) is 24.4 Å². The Hall–Kier alpha value is -2.17. The maximum absolute atomic E-state index is 5.77. The van der Waals surface area contributed by atoms with Gasteiger partial charge in [-0.05, 0) is 18.2 Å². The number of H-pyrrole nitrogens is 1. The minimum absolute atomic E-state index is 0.604. The molecule has 2 aromatic rings. The molecule has 0 bridgehead atoms. The second-order valence-corrected chi connectivity index (χ2v) is 3.27. The summed E-state index contributed by atoms with van der Waals surface area (Å²) < 4.78 is 10.4. The lowest BCUT2D eigenvalue weighted by molar-refractivity contribution is 0.355. The second kappa shape index (κ2) is 4.14. The molecule has 2 rings (SSSR count). The van der Waals surface area contributed by atoms with E-state index in [0.29, 0.717) is 17.2 Å². The maximum atomic E-state index is 5.77. The summed E-state index contributed by atoms with van der Waals surface area (Å²) in [7, 11) is 3.19. The second-order valence-electron chi connectivity index (χ2n) is 3.27. The summed E-state index contributed by atoms with van der Waals surface area (Å²) in [4.78, 5) is 0. The molecule has 1 heterocycles. The lowest BCUT2D eigenvalue weighted by atomic mass is 10.1. The molecule has 0 saturated carbocycles. The van der Waals surface area contributed by atoms with E-state index < -0.39 is 0 Å². The standard InChI is InChI=1S/C11H13N3O2/c1-15-9-4-3-7(5-10(9)16-2)11-8(12)6-13-14-11/h3-6H,12H2,1-2H3,(H,13,14). The van der Waals surface area contributed by atoms with Crippen LogP contribution in [0.15, 0.2) is 24.4 Å². The molecule has 3 N–H and O–H groups in total. The van der Waals surface area contributed by atoms with Crippen molar-refractivity contribution in [3.63, 3.8) is 0 Å². The van der Waals surface area contributed by atoms with Gasteiger partial charge in [0.05, 0.1) is 31.8 Å². The van der Waals surface area contributed by atoms with E-state index in [1.54, 1.807) is 20.4 Å². The van der Waals surface area contributed by atoms with Gasteiger partial charge in [-0.2, -0.15) is 5.10 Å². The van der Waals surface area contributed by atoms with Gasteiger partial charge in [0.15, 0.2) is 11.5 Å². The number of hydrogen-bond donors (Lipinski definition) is 2. The molecule has 0 radical (unpaired) electrons. The van der Waals surface area contributed by atoms with Gasteiger partial charge < -0.3 is 15.2 Å². The number of rotatable bonds is 3. The third-order valence-corrected chi connectivity index (χ3v) is 2.34. The van der Waals surface area contributed by atoms with Gasteiger partial charge in [0.1, 0.15) is 0 Å². The highest BCUT2D eigenvalue weighted by Gasteiger charge is 2.09. The first-order valence-electron chi connectivity index (χ1n) is 4.77. The molecule has 84 valence electrons. The van der Waals surface area contributed by atoms with E-state index in [1.807, 2.05) is 18.2 Å². The first kappa shape index (κ1) is 10.4. The average Bonchev–Trinajstić information content (AvgIpc) is 2.74.